The molecule has 0 aromatic heterocycles. The van der Waals surface area contributed by atoms with Crippen LogP contribution in [0.25, 0.3) is 0 Å². The number of ether oxygens (including phenoxy) is 3. The van der Waals surface area contributed by atoms with Crippen molar-refractivity contribution in [3.63, 3.8) is 0 Å². The lowest BCUT2D eigenvalue weighted by atomic mass is 9.78. The molecule has 328 valence electrons. The molecule has 2 saturated heterocycles. The molecule has 2 aliphatic heterocycles. The van der Waals surface area contributed by atoms with Gasteiger partial charge in [-0.2, -0.15) is 0 Å². The fourth-order valence-electron chi connectivity index (χ4n) is 8.21. The lowest BCUT2D eigenvalue weighted by Crippen LogP contribution is -2.59. The number of aliphatic hydroxyl groups is 5. The van der Waals surface area contributed by atoms with E-state index in [0.29, 0.717) is 11.4 Å². The SMILES string of the molecule is CC[C@H]1OC(=O)[C@H](C)[C@@H](O)[C@@H](C)[C@@H](O[C@H]2O[C@@H](C)C[C@H](N(C)C)[C@@H]2O)[C@](C)(O)C[C@@H](C)CN(CCCNC(=O)NS(=O)(=O)c2ccc(Cl)cc2)[C@H](C)[C@@H](O)[C@]1(C)O. The predicted molar refractivity (Wildman–Crippen MR) is 214 cm³/mol. The van der Waals surface area contributed by atoms with Crippen molar-refractivity contribution in [1.29, 1.82) is 0 Å². The third kappa shape index (κ3) is 12.7. The van der Waals surface area contributed by atoms with Gasteiger partial charge in [-0.1, -0.05) is 32.4 Å². The van der Waals surface area contributed by atoms with Crippen molar-refractivity contribution in [2.24, 2.45) is 17.8 Å². The van der Waals surface area contributed by atoms with Gasteiger partial charge in [-0.25, -0.2) is 17.9 Å². The molecule has 2 heterocycles. The molecule has 0 radical (unpaired) electrons. The Balaban J connectivity index is 1.91. The minimum Gasteiger partial charge on any atom is -0.459 e. The maximum Gasteiger partial charge on any atom is 0.328 e. The van der Waals surface area contributed by atoms with Crippen LogP contribution in [0.2, 0.25) is 5.02 Å². The Morgan fingerprint density at radius 2 is 1.67 bits per heavy atom. The average molecular weight is 852 g/mol. The first-order valence-corrected chi connectivity index (χ1v) is 21.7. The second-order valence-electron chi connectivity index (χ2n) is 16.8. The van der Waals surface area contributed by atoms with Gasteiger partial charge in [0, 0.05) is 42.7 Å². The highest BCUT2D eigenvalue weighted by atomic mass is 35.5. The van der Waals surface area contributed by atoms with Gasteiger partial charge in [0.25, 0.3) is 10.0 Å². The van der Waals surface area contributed by atoms with E-state index in [9.17, 15) is 43.5 Å². The van der Waals surface area contributed by atoms with Gasteiger partial charge in [0.2, 0.25) is 0 Å². The highest BCUT2D eigenvalue weighted by molar-refractivity contribution is 7.90. The summed E-state index contributed by atoms with van der Waals surface area (Å²) in [5.41, 5.74) is -3.61. The Bertz CT molecular complexity index is 1570. The number of cyclic esters (lactones) is 1. The molecule has 7 N–H and O–H groups in total. The normalized spacial score (nSPS) is 38.2. The van der Waals surface area contributed by atoms with Crippen molar-refractivity contribution in [2.75, 3.05) is 33.7 Å². The lowest BCUT2D eigenvalue weighted by molar-refractivity contribution is -0.299. The monoisotopic (exact) mass is 850 g/mol. The van der Waals surface area contributed by atoms with E-state index in [1.54, 1.807) is 27.7 Å². The molecule has 0 saturated carbocycles. The topological polar surface area (TPSA) is 228 Å². The van der Waals surface area contributed by atoms with Gasteiger partial charge in [-0.05, 0) is 105 Å². The van der Waals surface area contributed by atoms with E-state index in [-0.39, 0.29) is 61.9 Å². The van der Waals surface area contributed by atoms with Crippen molar-refractivity contribution in [1.82, 2.24) is 19.8 Å². The molecule has 14 atom stereocenters. The van der Waals surface area contributed by atoms with Gasteiger partial charge in [-0.15, -0.1) is 0 Å². The third-order valence-electron chi connectivity index (χ3n) is 11.5. The molecule has 18 heteroatoms. The molecule has 1 aromatic rings. The van der Waals surface area contributed by atoms with Gasteiger partial charge < -0.3 is 50.0 Å². The molecule has 16 nitrogen and oxygen atoms in total. The summed E-state index contributed by atoms with van der Waals surface area (Å²) in [6, 6.07) is 3.33. The number of hydrogen-bond donors (Lipinski definition) is 7. The van der Waals surface area contributed by atoms with E-state index in [1.807, 2.05) is 42.5 Å². The van der Waals surface area contributed by atoms with Crippen molar-refractivity contribution < 1.29 is 57.8 Å². The van der Waals surface area contributed by atoms with E-state index >= 15 is 0 Å². The number of nitrogens with zero attached hydrogens (tertiary/aromatic N) is 2. The van der Waals surface area contributed by atoms with Crippen molar-refractivity contribution in [3.8, 4) is 0 Å². The maximum absolute atomic E-state index is 13.6. The number of esters is 1. The first-order chi connectivity index (χ1) is 26.3. The summed E-state index contributed by atoms with van der Waals surface area (Å²) in [4.78, 5) is 29.8. The quantitative estimate of drug-likeness (QED) is 0.132. The summed E-state index contributed by atoms with van der Waals surface area (Å²) in [6.45, 7) is 13.8. The molecule has 0 bridgehead atoms. The molecule has 0 unspecified atom stereocenters. The molecule has 2 fully saturated rings. The van der Waals surface area contributed by atoms with Gasteiger partial charge in [-0.3, -0.25) is 9.69 Å². The van der Waals surface area contributed by atoms with Crippen LogP contribution in [-0.2, 0) is 29.0 Å². The Hall–Kier alpha value is -2.16. The summed E-state index contributed by atoms with van der Waals surface area (Å²) in [7, 11) is -0.481. The fraction of sp³-hybridized carbons (Fsp3) is 0.795. The summed E-state index contributed by atoms with van der Waals surface area (Å²) in [6.07, 6.45) is -6.67. The van der Waals surface area contributed by atoms with E-state index < -0.39 is 87.9 Å². The Morgan fingerprint density at radius 1 is 1.05 bits per heavy atom. The first-order valence-electron chi connectivity index (χ1n) is 19.8. The molecular formula is C39H67ClN4O12S. The summed E-state index contributed by atoms with van der Waals surface area (Å²) >= 11 is 5.86. The number of carbonyl (C=O) groups is 2. The zero-order chi connectivity index (χ0) is 43.2. The number of hydrogen-bond acceptors (Lipinski definition) is 14. The van der Waals surface area contributed by atoms with Gasteiger partial charge in [0.05, 0.1) is 34.7 Å². The predicted octanol–water partition coefficient (Wildman–Crippen LogP) is 2.08. The van der Waals surface area contributed by atoms with Crippen LogP contribution in [0.3, 0.4) is 0 Å². The van der Waals surface area contributed by atoms with Gasteiger partial charge in [0.15, 0.2) is 6.29 Å². The highest BCUT2D eigenvalue weighted by Gasteiger charge is 2.50. The van der Waals surface area contributed by atoms with Crippen LogP contribution in [0.5, 0.6) is 0 Å². The number of urea groups is 1. The Morgan fingerprint density at radius 3 is 2.25 bits per heavy atom. The average Bonchev–Trinajstić information content (AvgIpc) is 3.12. The molecule has 57 heavy (non-hydrogen) atoms. The number of amides is 2. The van der Waals surface area contributed by atoms with Crippen LogP contribution < -0.4 is 10.0 Å². The minimum atomic E-state index is -4.16. The van der Waals surface area contributed by atoms with Crippen molar-refractivity contribution in [2.45, 2.75) is 152 Å². The second-order valence-corrected chi connectivity index (χ2v) is 19.0. The molecule has 3 rings (SSSR count). The Labute approximate surface area is 343 Å². The van der Waals surface area contributed by atoms with Crippen LogP contribution in [0.4, 0.5) is 4.79 Å². The van der Waals surface area contributed by atoms with Crippen LogP contribution in [0.15, 0.2) is 29.2 Å². The van der Waals surface area contributed by atoms with E-state index in [4.69, 9.17) is 25.8 Å². The fourth-order valence-corrected chi connectivity index (χ4v) is 9.27. The second kappa shape index (κ2) is 20.4. The van der Waals surface area contributed by atoms with Gasteiger partial charge >= 0.3 is 12.0 Å². The maximum atomic E-state index is 13.6. The zero-order valence-electron chi connectivity index (χ0n) is 35.0. The largest absolute Gasteiger partial charge is 0.459 e. The highest BCUT2D eigenvalue weighted by Crippen LogP contribution is 2.37. The number of rotatable bonds is 10. The number of likely N-dealkylation sites (N-methyl/N-ethyl adjacent to an activating group) is 1. The van der Waals surface area contributed by atoms with Gasteiger partial charge in [0.1, 0.15) is 23.9 Å². The minimum absolute atomic E-state index is 0.0399. The number of sulfonamides is 1. The zero-order valence-corrected chi connectivity index (χ0v) is 36.5. The Kier molecular flexibility index (Phi) is 17.6. The molecule has 1 aromatic carbocycles. The number of benzene rings is 1. The van der Waals surface area contributed by atoms with Crippen LogP contribution in [0.1, 0.15) is 81.1 Å². The molecule has 0 aliphatic carbocycles. The summed E-state index contributed by atoms with van der Waals surface area (Å²) in [5.74, 6) is -3.18. The summed E-state index contributed by atoms with van der Waals surface area (Å²) in [5, 5.41) is 61.6. The molecule has 2 amide bonds. The van der Waals surface area contributed by atoms with E-state index in [1.165, 1.54) is 38.1 Å². The van der Waals surface area contributed by atoms with Crippen molar-refractivity contribution in [3.05, 3.63) is 29.3 Å². The lowest BCUT2D eigenvalue weighted by Gasteiger charge is -2.46. The number of nitrogens with one attached hydrogen (secondary N) is 2. The van der Waals surface area contributed by atoms with E-state index in [2.05, 4.69) is 5.32 Å². The molecular weight excluding hydrogens is 784 g/mol. The summed E-state index contributed by atoms with van der Waals surface area (Å²) < 4.78 is 45.7. The van der Waals surface area contributed by atoms with Crippen molar-refractivity contribution >= 4 is 33.6 Å². The smallest absolute Gasteiger partial charge is 0.328 e. The molecule has 2 aliphatic rings. The van der Waals surface area contributed by atoms with E-state index in [0.717, 1.165) is 0 Å². The molecule has 0 spiro atoms. The number of aliphatic hydroxyl groups excluding tert-OH is 3. The number of carbonyl (C=O) groups excluding carboxylic acids is 2. The van der Waals surface area contributed by atoms with Crippen LogP contribution >= 0.6 is 11.6 Å². The van der Waals surface area contributed by atoms with Crippen LogP contribution in [-0.4, -0.2) is 156 Å². The third-order valence-corrected chi connectivity index (χ3v) is 13.1. The van der Waals surface area contributed by atoms with Crippen LogP contribution in [0, 0.1) is 17.8 Å². The standard InChI is InChI=1S/C39H67ClN4O12S/c1-11-30-39(8,51)33(47)26(6)44(18-12-17-41-37(49)42-57(52,53)28-15-13-27(40)14-16-28)21-22(2)20-38(7,50)34(24(4)31(45)25(5)35(48)55-30)56-36-32(46)29(43(9)10)19-23(3)54-36/h13-16,22-26,29-34,36,45-47,50-51H,11-12,17-21H2,1-10H3,(H2,41,42,49)/t22-,23+,24-,25-,26-,29+,30-,31+,32+,33-,34-,36-,38-,39-/m1/s1. The first kappa shape index (κ1) is 49.2. The number of halogens is 1.